The van der Waals surface area contributed by atoms with Crippen molar-refractivity contribution in [3.05, 3.63) is 72.1 Å². The summed E-state index contributed by atoms with van der Waals surface area (Å²) >= 11 is 0. The third-order valence-electron chi connectivity index (χ3n) is 3.08. The number of pyridine rings is 1. The molecule has 0 aliphatic heterocycles. The molecular weight excluding hydrogens is 260 g/mol. The lowest BCUT2D eigenvalue weighted by Crippen LogP contribution is -1.89. The fraction of sp³-hybridized carbons (Fsp3) is 0.111. The summed E-state index contributed by atoms with van der Waals surface area (Å²) in [6.07, 6.45) is 14.3. The number of nitrogens with zero attached hydrogens (tertiary/aromatic N) is 2. The van der Waals surface area contributed by atoms with Crippen molar-refractivity contribution in [3.8, 4) is 0 Å². The fourth-order valence-electron chi connectivity index (χ4n) is 2.22. The Kier molecular flexibility index (Phi) is 4.67. The Morgan fingerprint density at radius 3 is 2.76 bits per heavy atom. The lowest BCUT2D eigenvalue weighted by atomic mass is 10.0. The van der Waals surface area contributed by atoms with Gasteiger partial charge in [-0.15, -0.1) is 0 Å². The number of hydrogen-bond acceptors (Lipinski definition) is 2. The molecule has 2 heterocycles. The van der Waals surface area contributed by atoms with Gasteiger partial charge in [0.25, 0.3) is 0 Å². The van der Waals surface area contributed by atoms with Gasteiger partial charge in [-0.3, -0.25) is 4.79 Å². The molecule has 0 amide bonds. The van der Waals surface area contributed by atoms with Crippen LogP contribution in [0.2, 0.25) is 0 Å². The highest BCUT2D eigenvalue weighted by Gasteiger charge is 2.13. The molecule has 0 N–H and O–H groups in total. The van der Waals surface area contributed by atoms with Crippen molar-refractivity contribution in [1.82, 2.24) is 9.61 Å². The van der Waals surface area contributed by atoms with Crippen LogP contribution in [0.1, 0.15) is 35.5 Å². The van der Waals surface area contributed by atoms with E-state index in [0.29, 0.717) is 5.56 Å². The van der Waals surface area contributed by atoms with E-state index in [1.165, 1.54) is 0 Å². The topological polar surface area (TPSA) is 34.4 Å². The number of carbonyl (C=O) groups is 1. The molecule has 0 aliphatic carbocycles. The zero-order chi connectivity index (χ0) is 15.2. The SMILES string of the molecule is C=C/C=C(\C=C/C)c1nn2ccc(C=O)cc2c1/C=C/C. The molecule has 0 aliphatic rings. The second-order valence-corrected chi connectivity index (χ2v) is 4.53. The molecule has 0 atom stereocenters. The highest BCUT2D eigenvalue weighted by Crippen LogP contribution is 2.25. The van der Waals surface area contributed by atoms with Crippen LogP contribution < -0.4 is 0 Å². The Labute approximate surface area is 124 Å². The average Bonchev–Trinajstić information content (AvgIpc) is 2.85. The molecule has 0 saturated heterocycles. The lowest BCUT2D eigenvalue weighted by molar-refractivity contribution is 0.112. The van der Waals surface area contributed by atoms with Gasteiger partial charge in [0.15, 0.2) is 0 Å². The third-order valence-corrected chi connectivity index (χ3v) is 3.08. The van der Waals surface area contributed by atoms with Gasteiger partial charge in [0.2, 0.25) is 0 Å². The van der Waals surface area contributed by atoms with Crippen LogP contribution in [0.25, 0.3) is 17.2 Å². The predicted molar refractivity (Wildman–Crippen MR) is 88.3 cm³/mol. The van der Waals surface area contributed by atoms with Crippen molar-refractivity contribution in [2.24, 2.45) is 0 Å². The van der Waals surface area contributed by atoms with Gasteiger partial charge < -0.3 is 0 Å². The van der Waals surface area contributed by atoms with Gasteiger partial charge >= 0.3 is 0 Å². The van der Waals surface area contributed by atoms with Crippen LogP contribution in [-0.4, -0.2) is 15.9 Å². The number of aromatic nitrogens is 2. The molecule has 0 bridgehead atoms. The largest absolute Gasteiger partial charge is 0.298 e. The number of carbonyl (C=O) groups excluding carboxylic acids is 1. The Morgan fingerprint density at radius 2 is 2.14 bits per heavy atom. The van der Waals surface area contributed by atoms with Crippen LogP contribution in [-0.2, 0) is 0 Å². The summed E-state index contributed by atoms with van der Waals surface area (Å²) < 4.78 is 1.79. The van der Waals surface area contributed by atoms with Gasteiger partial charge in [0.1, 0.15) is 12.0 Å². The van der Waals surface area contributed by atoms with Gasteiger partial charge in [0.05, 0.1) is 5.52 Å². The minimum absolute atomic E-state index is 0.639. The maximum absolute atomic E-state index is 11.0. The lowest BCUT2D eigenvalue weighted by Gasteiger charge is -1.99. The van der Waals surface area contributed by atoms with Crippen molar-refractivity contribution < 1.29 is 4.79 Å². The predicted octanol–water partition coefficient (Wildman–Crippen LogP) is 4.33. The quantitative estimate of drug-likeness (QED) is 0.603. The summed E-state index contributed by atoms with van der Waals surface area (Å²) in [5.74, 6) is 0. The maximum Gasteiger partial charge on any atom is 0.150 e. The van der Waals surface area contributed by atoms with Gasteiger partial charge in [-0.2, -0.15) is 5.10 Å². The number of rotatable bonds is 5. The molecule has 0 radical (unpaired) electrons. The standard InChI is InChI=1S/C18H18N2O/c1-4-7-15(8-5-2)18-16(9-6-3)17-12-14(13-21)10-11-20(17)19-18/h4-13H,1H2,2-3H3/b8-5-,9-6+,15-7+. The molecule has 0 aromatic carbocycles. The first-order chi connectivity index (χ1) is 10.2. The monoisotopic (exact) mass is 278 g/mol. The number of fused-ring (bicyclic) bond motifs is 1. The van der Waals surface area contributed by atoms with Crippen LogP contribution in [0.4, 0.5) is 0 Å². The zero-order valence-electron chi connectivity index (χ0n) is 12.3. The van der Waals surface area contributed by atoms with Gasteiger partial charge in [-0.1, -0.05) is 43.0 Å². The van der Waals surface area contributed by atoms with E-state index in [9.17, 15) is 4.79 Å². The minimum atomic E-state index is 0.639. The third kappa shape index (κ3) is 2.92. The van der Waals surface area contributed by atoms with Crippen molar-refractivity contribution >= 4 is 23.5 Å². The Morgan fingerprint density at radius 1 is 1.33 bits per heavy atom. The molecule has 0 spiro atoms. The van der Waals surface area contributed by atoms with Crippen LogP contribution in [0.3, 0.4) is 0 Å². The summed E-state index contributed by atoms with van der Waals surface area (Å²) in [5.41, 5.74) is 4.39. The molecule has 3 nitrogen and oxygen atoms in total. The molecule has 106 valence electrons. The van der Waals surface area contributed by atoms with E-state index >= 15 is 0 Å². The van der Waals surface area contributed by atoms with E-state index in [1.54, 1.807) is 22.9 Å². The van der Waals surface area contributed by atoms with Crippen LogP contribution >= 0.6 is 0 Å². The van der Waals surface area contributed by atoms with Crippen LogP contribution in [0.15, 0.2) is 55.3 Å². The second-order valence-electron chi connectivity index (χ2n) is 4.53. The normalized spacial score (nSPS) is 12.6. The first-order valence-electron chi connectivity index (χ1n) is 6.81. The van der Waals surface area contributed by atoms with E-state index in [0.717, 1.165) is 28.6 Å². The summed E-state index contributed by atoms with van der Waals surface area (Å²) in [6.45, 7) is 7.68. The summed E-state index contributed by atoms with van der Waals surface area (Å²) in [4.78, 5) is 11.0. The summed E-state index contributed by atoms with van der Waals surface area (Å²) in [7, 11) is 0. The molecular formula is C18H18N2O. The molecule has 2 aromatic heterocycles. The highest BCUT2D eigenvalue weighted by molar-refractivity contribution is 5.87. The van der Waals surface area contributed by atoms with E-state index in [-0.39, 0.29) is 0 Å². The zero-order valence-corrected chi connectivity index (χ0v) is 12.3. The van der Waals surface area contributed by atoms with Crippen molar-refractivity contribution in [3.63, 3.8) is 0 Å². The van der Waals surface area contributed by atoms with Crippen molar-refractivity contribution in [1.29, 1.82) is 0 Å². The minimum Gasteiger partial charge on any atom is -0.298 e. The van der Waals surface area contributed by atoms with Crippen LogP contribution in [0.5, 0.6) is 0 Å². The van der Waals surface area contributed by atoms with E-state index in [1.807, 2.05) is 50.3 Å². The molecule has 21 heavy (non-hydrogen) atoms. The molecule has 0 saturated carbocycles. The fourth-order valence-corrected chi connectivity index (χ4v) is 2.22. The Bertz CT molecular complexity index is 761. The summed E-state index contributed by atoms with van der Waals surface area (Å²) in [6, 6.07) is 3.60. The smallest absolute Gasteiger partial charge is 0.150 e. The van der Waals surface area contributed by atoms with Crippen molar-refractivity contribution in [2.75, 3.05) is 0 Å². The second kappa shape index (κ2) is 6.66. The number of hydrogen-bond donors (Lipinski definition) is 0. The van der Waals surface area contributed by atoms with Gasteiger partial charge in [0, 0.05) is 22.9 Å². The average molecular weight is 278 g/mol. The molecule has 0 fully saturated rings. The van der Waals surface area contributed by atoms with Gasteiger partial charge in [-0.25, -0.2) is 4.52 Å². The van der Waals surface area contributed by atoms with E-state index in [2.05, 4.69) is 11.7 Å². The number of aldehydes is 1. The molecule has 0 unspecified atom stereocenters. The Balaban J connectivity index is 2.78. The number of allylic oxidation sites excluding steroid dienone is 6. The van der Waals surface area contributed by atoms with Crippen LogP contribution in [0, 0.1) is 0 Å². The molecule has 2 aromatic rings. The first-order valence-corrected chi connectivity index (χ1v) is 6.81. The summed E-state index contributed by atoms with van der Waals surface area (Å²) in [5, 5.41) is 4.63. The maximum atomic E-state index is 11.0. The van der Waals surface area contributed by atoms with E-state index in [4.69, 9.17) is 0 Å². The van der Waals surface area contributed by atoms with E-state index < -0.39 is 0 Å². The highest BCUT2D eigenvalue weighted by atomic mass is 16.1. The Hall–Kier alpha value is -2.68. The molecule has 2 rings (SSSR count). The van der Waals surface area contributed by atoms with Crippen molar-refractivity contribution in [2.45, 2.75) is 13.8 Å². The first kappa shape index (κ1) is 14.7. The molecule has 3 heteroatoms. The van der Waals surface area contributed by atoms with Gasteiger partial charge in [-0.05, 0) is 26.0 Å².